The van der Waals surface area contributed by atoms with Crippen molar-refractivity contribution in [2.24, 2.45) is 17.8 Å². The van der Waals surface area contributed by atoms with E-state index in [1.54, 1.807) is 6.07 Å². The van der Waals surface area contributed by atoms with Crippen LogP contribution >= 0.6 is 0 Å². The van der Waals surface area contributed by atoms with Crippen LogP contribution < -0.4 is 0 Å². The Morgan fingerprint density at radius 1 is 0.537 bits per heavy atom. The standard InChI is InChI=1S/C26H33N3O2.C21H25N3O2.C17H17N3O3/c1-15-23(16(2)31-29-15)18-13-21(24-22(14-18)27-25(28-24)17-11-12-17)26(30,19-7-3-4-8-19)20-9-5-6-10-20;1-11-18(12(2)26-24-11)15-9-16(20(25)13-5-3-4-6-13)19-17(10-15)22-21(23-19)14-7-8-14;1-8-14(9(2)23-20-8)11-6-12(17(21)22-3)15-13(7-11)18-16(19-15)10-4-5-10/h13-14,17,19-20,30H,3-12H2,1-2H3,(H,27,28);9-10,13-14,20,25H,3-8H2,1-2H3,(H,22,23);6-7,10H,4-5H2,1-3H3,(H,18,19). The largest absolute Gasteiger partial charge is 0.465 e. The van der Waals surface area contributed by atoms with Gasteiger partial charge in [0.2, 0.25) is 0 Å². The summed E-state index contributed by atoms with van der Waals surface area (Å²) in [6, 6.07) is 12.4. The second-order valence-electron chi connectivity index (χ2n) is 24.4. The Balaban J connectivity index is 0.000000115. The Hall–Kier alpha value is -6.91. The van der Waals surface area contributed by atoms with E-state index in [-0.39, 0.29) is 0 Å². The van der Waals surface area contributed by atoms with E-state index in [0.717, 1.165) is 175 Å². The number of fused-ring (bicyclic) bond motifs is 3. The molecule has 0 saturated heterocycles. The second kappa shape index (κ2) is 20.9. The summed E-state index contributed by atoms with van der Waals surface area (Å²) in [7, 11) is 1.38. The van der Waals surface area contributed by atoms with Crippen molar-refractivity contribution in [1.82, 2.24) is 45.4 Å². The van der Waals surface area contributed by atoms with E-state index in [1.165, 1.54) is 71.3 Å². The number of aryl methyl sites for hydroxylation is 6. The molecule has 418 valence electrons. The lowest BCUT2D eigenvalue weighted by Gasteiger charge is -2.40. The van der Waals surface area contributed by atoms with E-state index in [0.29, 0.717) is 46.6 Å². The molecule has 1 unspecified atom stereocenters. The topological polar surface area (TPSA) is 231 Å². The van der Waals surface area contributed by atoms with E-state index in [1.807, 2.05) is 47.6 Å². The predicted octanol–water partition coefficient (Wildman–Crippen LogP) is 14.7. The summed E-state index contributed by atoms with van der Waals surface area (Å²) < 4.78 is 21.1. The first kappa shape index (κ1) is 52.5. The summed E-state index contributed by atoms with van der Waals surface area (Å²) in [6.45, 7) is 11.6. The number of aliphatic hydroxyl groups excluding tert-OH is 1. The van der Waals surface area contributed by atoms with E-state index >= 15 is 0 Å². The number of aliphatic hydroxyl groups is 2. The van der Waals surface area contributed by atoms with E-state index in [2.05, 4.69) is 59.7 Å². The minimum absolute atomic E-state index is 0.319. The molecule has 5 N–H and O–H groups in total. The SMILES string of the molecule is COC(=O)c1cc(-c2c(C)noc2C)cc2[nH]c(C3CC3)nc12.Cc1noc(C)c1-c1cc(C(O)(C2CCCC2)C2CCCC2)c2nc(C3CC3)[nH]c2c1.Cc1noc(C)c1-c1cc(C(O)C2CCCC2)c2nc(C3CC3)[nH]c2c1. The summed E-state index contributed by atoms with van der Waals surface area (Å²) >= 11 is 0. The van der Waals surface area contributed by atoms with Crippen molar-refractivity contribution in [3.05, 3.63) is 105 Å². The summed E-state index contributed by atoms with van der Waals surface area (Å²) in [5.41, 5.74) is 15.7. The fraction of sp³-hybridized carbons (Fsp3) is 0.516. The number of carbonyl (C=O) groups excluding carboxylic acids is 1. The molecule has 6 aliphatic rings. The average Bonchev–Trinajstić information content (AvgIpc) is 4.30. The van der Waals surface area contributed by atoms with Crippen LogP contribution in [0.2, 0.25) is 0 Å². The second-order valence-corrected chi connectivity index (χ2v) is 24.4. The van der Waals surface area contributed by atoms with Crippen molar-refractivity contribution in [1.29, 1.82) is 0 Å². The number of benzene rings is 3. The summed E-state index contributed by atoms with van der Waals surface area (Å²) in [5, 5.41) is 36.1. The van der Waals surface area contributed by atoms with Crippen LogP contribution in [0.25, 0.3) is 66.5 Å². The highest BCUT2D eigenvalue weighted by Crippen LogP contribution is 2.53. The van der Waals surface area contributed by atoms with Crippen molar-refractivity contribution in [3.63, 3.8) is 0 Å². The molecule has 3 aromatic carbocycles. The lowest BCUT2D eigenvalue weighted by atomic mass is 9.70. The number of aromatic amines is 3. The van der Waals surface area contributed by atoms with Gasteiger partial charge < -0.3 is 43.5 Å². The van der Waals surface area contributed by atoms with Crippen molar-refractivity contribution in [3.8, 4) is 33.4 Å². The van der Waals surface area contributed by atoms with Gasteiger partial charge in [-0.2, -0.15) is 0 Å². The molecule has 6 aromatic heterocycles. The molecule has 6 aliphatic carbocycles. The highest BCUT2D eigenvalue weighted by molar-refractivity contribution is 6.04. The maximum Gasteiger partial charge on any atom is 0.340 e. The van der Waals surface area contributed by atoms with Gasteiger partial charge in [0.1, 0.15) is 40.3 Å². The van der Waals surface area contributed by atoms with Crippen molar-refractivity contribution >= 4 is 39.1 Å². The molecule has 0 aliphatic heterocycles. The number of nitrogens with one attached hydrogen (secondary N) is 3. The van der Waals surface area contributed by atoms with Crippen LogP contribution in [0.4, 0.5) is 0 Å². The number of aromatic nitrogens is 9. The third-order valence-electron chi connectivity index (χ3n) is 18.7. The van der Waals surface area contributed by atoms with Crippen molar-refractivity contribution < 1.29 is 33.3 Å². The first-order valence-corrected chi connectivity index (χ1v) is 29.6. The molecule has 6 heterocycles. The van der Waals surface area contributed by atoms with Crippen LogP contribution in [-0.2, 0) is 10.3 Å². The van der Waals surface area contributed by atoms with Crippen LogP contribution in [0.1, 0.15) is 213 Å². The van der Waals surface area contributed by atoms with Crippen molar-refractivity contribution in [2.45, 2.75) is 187 Å². The minimum atomic E-state index is -0.809. The summed E-state index contributed by atoms with van der Waals surface area (Å²) in [6.07, 6.45) is 20.6. The molecule has 15 rings (SSSR count). The van der Waals surface area contributed by atoms with E-state index in [9.17, 15) is 15.0 Å². The number of hydrogen-bond donors (Lipinski definition) is 5. The third-order valence-corrected chi connectivity index (χ3v) is 18.7. The Morgan fingerprint density at radius 2 is 0.925 bits per heavy atom. The Morgan fingerprint density at radius 3 is 1.35 bits per heavy atom. The quantitative estimate of drug-likeness (QED) is 0.0718. The van der Waals surface area contributed by atoms with Gasteiger partial charge in [0, 0.05) is 45.6 Å². The zero-order valence-corrected chi connectivity index (χ0v) is 47.4. The molecule has 16 heteroatoms. The first-order valence-electron chi connectivity index (χ1n) is 29.6. The average molecular weight is 1080 g/mol. The maximum absolute atomic E-state index is 12.6. The van der Waals surface area contributed by atoms with Crippen LogP contribution in [0.5, 0.6) is 0 Å². The smallest absolute Gasteiger partial charge is 0.340 e. The Labute approximate surface area is 465 Å². The number of esters is 1. The van der Waals surface area contributed by atoms with Gasteiger partial charge >= 0.3 is 5.97 Å². The van der Waals surface area contributed by atoms with Gasteiger partial charge in [-0.3, -0.25) is 0 Å². The molecule has 0 amide bonds. The Kier molecular flexibility index (Phi) is 13.7. The van der Waals surface area contributed by atoms with Gasteiger partial charge in [-0.05, 0) is 189 Å². The van der Waals surface area contributed by atoms with Gasteiger partial charge in [0.15, 0.2) is 0 Å². The molecular formula is C64H75N9O7. The fourth-order valence-electron chi connectivity index (χ4n) is 14.0. The number of ether oxygens (including phenoxy) is 1. The van der Waals surface area contributed by atoms with Crippen LogP contribution in [0.15, 0.2) is 50.0 Å². The predicted molar refractivity (Wildman–Crippen MR) is 305 cm³/mol. The first-order chi connectivity index (χ1) is 38.7. The lowest BCUT2D eigenvalue weighted by molar-refractivity contribution is -0.0722. The van der Waals surface area contributed by atoms with Crippen LogP contribution in [0, 0.1) is 59.3 Å². The molecule has 9 aromatic rings. The zero-order chi connectivity index (χ0) is 55.1. The number of nitrogens with zero attached hydrogens (tertiary/aromatic N) is 6. The molecule has 0 bridgehead atoms. The molecule has 0 spiro atoms. The number of H-pyrrole nitrogens is 3. The van der Waals surface area contributed by atoms with Crippen LogP contribution in [0.3, 0.4) is 0 Å². The number of carbonyl (C=O) groups is 1. The molecular weight excluding hydrogens is 1010 g/mol. The summed E-state index contributed by atoms with van der Waals surface area (Å²) in [5.74, 6) is 7.63. The monoisotopic (exact) mass is 1080 g/mol. The molecule has 16 nitrogen and oxygen atoms in total. The molecule has 6 saturated carbocycles. The maximum atomic E-state index is 12.6. The Bertz CT molecular complexity index is 3690. The van der Waals surface area contributed by atoms with Gasteiger partial charge in [0.25, 0.3) is 0 Å². The number of methoxy groups -OCH3 is 1. The molecule has 80 heavy (non-hydrogen) atoms. The molecule has 1 atom stereocenters. The van der Waals surface area contributed by atoms with Crippen molar-refractivity contribution in [2.75, 3.05) is 7.11 Å². The van der Waals surface area contributed by atoms with E-state index < -0.39 is 17.7 Å². The normalized spacial score (nSPS) is 18.6. The third kappa shape index (κ3) is 9.67. The number of rotatable bonds is 12. The van der Waals surface area contributed by atoms with Crippen LogP contribution in [-0.4, -0.2) is 68.7 Å². The van der Waals surface area contributed by atoms with Gasteiger partial charge in [-0.25, -0.2) is 19.7 Å². The lowest BCUT2D eigenvalue weighted by Crippen LogP contribution is -2.41. The molecule has 6 fully saturated rings. The van der Waals surface area contributed by atoms with Gasteiger partial charge in [-0.1, -0.05) is 54.0 Å². The molecule has 0 radical (unpaired) electrons. The number of hydrogen-bond acceptors (Lipinski definition) is 13. The zero-order valence-electron chi connectivity index (χ0n) is 47.4. The highest BCUT2D eigenvalue weighted by atomic mass is 16.5. The van der Waals surface area contributed by atoms with E-state index in [4.69, 9.17) is 28.3 Å². The van der Waals surface area contributed by atoms with Gasteiger partial charge in [0.05, 0.1) is 69.0 Å². The van der Waals surface area contributed by atoms with Gasteiger partial charge in [-0.15, -0.1) is 0 Å². The summed E-state index contributed by atoms with van der Waals surface area (Å²) in [4.78, 5) is 37.3. The number of imidazole rings is 3. The fourth-order valence-corrected chi connectivity index (χ4v) is 14.0. The highest BCUT2D eigenvalue weighted by Gasteiger charge is 2.49. The minimum Gasteiger partial charge on any atom is -0.465 e.